The maximum absolute atomic E-state index is 12.4. The number of aromatic nitrogens is 2. The molecule has 0 aliphatic carbocycles. The van der Waals surface area contributed by atoms with Crippen LogP contribution >= 0.6 is 11.3 Å². The zero-order chi connectivity index (χ0) is 11.1. The van der Waals surface area contributed by atoms with Crippen molar-refractivity contribution in [1.82, 2.24) is 9.38 Å². The average molecular weight is 248 g/mol. The van der Waals surface area contributed by atoms with Crippen molar-refractivity contribution in [3.8, 4) is 0 Å². The van der Waals surface area contributed by atoms with Gasteiger partial charge < -0.3 is 0 Å². The normalized spacial score (nSPS) is 12.4. The maximum atomic E-state index is 12.4. The van der Waals surface area contributed by atoms with Gasteiger partial charge >= 0.3 is 10.2 Å². The Morgan fingerprint density at radius 1 is 1.60 bits per heavy atom. The summed E-state index contributed by atoms with van der Waals surface area (Å²) in [5.41, 5.74) is 1.51. The number of aryl methyl sites for hydroxylation is 2. The summed E-state index contributed by atoms with van der Waals surface area (Å²) in [6.45, 7) is 1.79. The lowest BCUT2D eigenvalue weighted by Crippen LogP contribution is -2.04. The Hall–Kier alpha value is -0.950. The molecule has 0 aliphatic heterocycles. The van der Waals surface area contributed by atoms with E-state index in [1.807, 2.05) is 5.38 Å². The summed E-state index contributed by atoms with van der Waals surface area (Å²) in [5.74, 6) is -0.489. The van der Waals surface area contributed by atoms with Crippen LogP contribution in [0.25, 0.3) is 4.96 Å². The van der Waals surface area contributed by atoms with Crippen LogP contribution in [0.3, 0.4) is 0 Å². The quantitative estimate of drug-likeness (QED) is 0.774. The number of nitrogens with zero attached hydrogens (tertiary/aromatic N) is 2. The first-order valence-corrected chi connectivity index (χ1v) is 6.74. The van der Waals surface area contributed by atoms with E-state index in [0.717, 1.165) is 16.3 Å². The molecule has 0 amide bonds. The van der Waals surface area contributed by atoms with E-state index in [0.29, 0.717) is 0 Å². The van der Waals surface area contributed by atoms with Crippen molar-refractivity contribution in [3.63, 3.8) is 0 Å². The van der Waals surface area contributed by atoms with E-state index in [1.165, 1.54) is 11.3 Å². The van der Waals surface area contributed by atoms with Crippen LogP contribution in [0.2, 0.25) is 0 Å². The molecule has 2 aromatic heterocycles. The van der Waals surface area contributed by atoms with Gasteiger partial charge in [-0.25, -0.2) is 4.98 Å². The Morgan fingerprint density at radius 2 is 2.33 bits per heavy atom. The first-order chi connectivity index (χ1) is 6.97. The molecule has 82 valence electrons. The van der Waals surface area contributed by atoms with Gasteiger partial charge in [0.2, 0.25) is 0 Å². The zero-order valence-corrected chi connectivity index (χ0v) is 9.61. The van der Waals surface area contributed by atoms with Gasteiger partial charge in [0.15, 0.2) is 4.96 Å². The number of imidazole rings is 1. The lowest BCUT2D eigenvalue weighted by atomic mass is 10.3. The van der Waals surface area contributed by atoms with Crippen molar-refractivity contribution in [2.45, 2.75) is 13.3 Å². The largest absolute Gasteiger partial charge is 0.302 e. The van der Waals surface area contributed by atoms with Crippen molar-refractivity contribution in [1.29, 1.82) is 0 Å². The topological polar surface area (TPSA) is 51.4 Å². The van der Waals surface area contributed by atoms with Crippen LogP contribution in [-0.2, 0) is 16.6 Å². The lowest BCUT2D eigenvalue weighted by Gasteiger charge is -1.97. The Balaban J connectivity index is 2.34. The molecular formula is C8H9FN2O2S2. The predicted molar refractivity (Wildman–Crippen MR) is 56.4 cm³/mol. The highest BCUT2D eigenvalue weighted by molar-refractivity contribution is 7.86. The molecular weight excluding hydrogens is 239 g/mol. The molecule has 0 spiro atoms. The maximum Gasteiger partial charge on any atom is 0.302 e. The SMILES string of the molecule is Cc1nc2sccn2c1CCS(=O)(=O)F. The monoisotopic (exact) mass is 248 g/mol. The van der Waals surface area contributed by atoms with Gasteiger partial charge in [0.05, 0.1) is 11.4 Å². The first-order valence-electron chi connectivity index (χ1n) is 4.31. The van der Waals surface area contributed by atoms with Gasteiger partial charge in [-0.2, -0.15) is 8.42 Å². The highest BCUT2D eigenvalue weighted by Gasteiger charge is 2.13. The minimum absolute atomic E-state index is 0.155. The number of hydrogen-bond acceptors (Lipinski definition) is 4. The van der Waals surface area contributed by atoms with Crippen molar-refractivity contribution in [2.24, 2.45) is 0 Å². The molecule has 4 nitrogen and oxygen atoms in total. The molecule has 2 aromatic rings. The second-order valence-corrected chi connectivity index (χ2v) is 5.55. The summed E-state index contributed by atoms with van der Waals surface area (Å²) < 4.78 is 35.0. The van der Waals surface area contributed by atoms with Crippen LogP contribution in [0.1, 0.15) is 11.4 Å². The van der Waals surface area contributed by atoms with Gasteiger partial charge in [-0.15, -0.1) is 15.2 Å². The summed E-state index contributed by atoms with van der Waals surface area (Å²) in [6, 6.07) is 0. The second kappa shape index (κ2) is 3.57. The fourth-order valence-electron chi connectivity index (χ4n) is 1.46. The Labute approximate surface area is 90.6 Å². The Morgan fingerprint density at radius 3 is 3.00 bits per heavy atom. The Kier molecular flexibility index (Phi) is 2.51. The van der Waals surface area contributed by atoms with Crippen LogP contribution in [-0.4, -0.2) is 23.6 Å². The molecule has 7 heteroatoms. The van der Waals surface area contributed by atoms with Gasteiger partial charge in [0.25, 0.3) is 0 Å². The summed E-state index contributed by atoms with van der Waals surface area (Å²) in [6.07, 6.45) is 1.96. The molecule has 0 N–H and O–H groups in total. The minimum Gasteiger partial charge on any atom is -0.294 e. The van der Waals surface area contributed by atoms with Gasteiger partial charge in [0.1, 0.15) is 0 Å². The standard InChI is InChI=1S/C8H9FN2O2S2/c1-6-7(2-5-15(9,12)13)11-3-4-14-8(11)10-6/h3-4H,2,5H2,1H3. The summed E-state index contributed by atoms with van der Waals surface area (Å²) in [5, 5.41) is 1.86. The molecule has 0 aliphatic rings. The third-order valence-electron chi connectivity index (χ3n) is 2.14. The molecule has 0 unspecified atom stereocenters. The summed E-state index contributed by atoms with van der Waals surface area (Å²) in [4.78, 5) is 5.04. The Bertz CT molecular complexity index is 585. The fraction of sp³-hybridized carbons (Fsp3) is 0.375. The summed E-state index contributed by atoms with van der Waals surface area (Å²) >= 11 is 1.46. The van der Waals surface area contributed by atoms with E-state index >= 15 is 0 Å². The fourth-order valence-corrected chi connectivity index (χ4v) is 2.68. The molecule has 0 saturated heterocycles. The van der Waals surface area contributed by atoms with Gasteiger partial charge in [-0.05, 0) is 6.92 Å². The first kappa shape index (κ1) is 10.6. The van der Waals surface area contributed by atoms with Crippen molar-refractivity contribution < 1.29 is 12.3 Å². The average Bonchev–Trinajstić information content (AvgIpc) is 2.60. The highest BCUT2D eigenvalue weighted by atomic mass is 32.3. The number of hydrogen-bond donors (Lipinski definition) is 0. The molecule has 0 aromatic carbocycles. The minimum atomic E-state index is -4.41. The third-order valence-corrected chi connectivity index (χ3v) is 3.59. The van der Waals surface area contributed by atoms with Crippen LogP contribution in [0, 0.1) is 6.92 Å². The van der Waals surface area contributed by atoms with Crippen molar-refractivity contribution in [2.75, 3.05) is 5.75 Å². The number of halogens is 1. The predicted octanol–water partition coefficient (Wildman–Crippen LogP) is 1.55. The van der Waals surface area contributed by atoms with Crippen molar-refractivity contribution >= 4 is 26.5 Å². The molecule has 0 radical (unpaired) electrons. The number of thiazole rings is 1. The molecule has 0 saturated carbocycles. The van der Waals surface area contributed by atoms with Crippen molar-refractivity contribution in [3.05, 3.63) is 23.0 Å². The lowest BCUT2D eigenvalue weighted by molar-refractivity contribution is 0.551. The second-order valence-electron chi connectivity index (χ2n) is 3.19. The molecule has 0 fully saturated rings. The molecule has 2 heterocycles. The van der Waals surface area contributed by atoms with Gasteiger partial charge in [0, 0.05) is 23.7 Å². The highest BCUT2D eigenvalue weighted by Crippen LogP contribution is 2.17. The molecule has 0 bridgehead atoms. The van der Waals surface area contributed by atoms with Gasteiger partial charge in [-0.3, -0.25) is 4.40 Å². The van der Waals surface area contributed by atoms with Crippen LogP contribution in [0.5, 0.6) is 0 Å². The molecule has 2 rings (SSSR count). The number of fused-ring (bicyclic) bond motifs is 1. The van der Waals surface area contributed by atoms with E-state index in [1.54, 1.807) is 17.5 Å². The van der Waals surface area contributed by atoms with E-state index < -0.39 is 16.0 Å². The summed E-state index contributed by atoms with van der Waals surface area (Å²) in [7, 11) is -4.41. The van der Waals surface area contributed by atoms with E-state index in [4.69, 9.17) is 0 Å². The van der Waals surface area contributed by atoms with E-state index in [9.17, 15) is 12.3 Å². The molecule has 15 heavy (non-hydrogen) atoms. The number of rotatable bonds is 3. The molecule has 0 atom stereocenters. The smallest absolute Gasteiger partial charge is 0.294 e. The van der Waals surface area contributed by atoms with Gasteiger partial charge in [-0.1, -0.05) is 0 Å². The van der Waals surface area contributed by atoms with E-state index in [2.05, 4.69) is 4.98 Å². The van der Waals surface area contributed by atoms with Crippen LogP contribution in [0.4, 0.5) is 3.89 Å². The van der Waals surface area contributed by atoms with Crippen LogP contribution < -0.4 is 0 Å². The third kappa shape index (κ3) is 2.18. The van der Waals surface area contributed by atoms with E-state index in [-0.39, 0.29) is 6.42 Å². The van der Waals surface area contributed by atoms with Crippen LogP contribution in [0.15, 0.2) is 11.6 Å². The zero-order valence-electron chi connectivity index (χ0n) is 7.97.